The van der Waals surface area contributed by atoms with Crippen LogP contribution in [-0.4, -0.2) is 24.0 Å². The monoisotopic (exact) mass is 351 g/mol. The number of rotatable bonds is 2. The number of carbonyl (C=O) groups excluding carboxylic acids is 2. The normalized spacial score (nSPS) is 13.2. The summed E-state index contributed by atoms with van der Waals surface area (Å²) in [4.78, 5) is 34.2. The number of esters is 2. The largest absolute Gasteiger partial charge is 0.496 e. The number of halogens is 1. The minimum absolute atomic E-state index is 0.0587. The molecule has 0 unspecified atom stereocenters. The molecule has 0 spiro atoms. The Morgan fingerprint density at radius 1 is 1.19 bits per heavy atom. The smallest absolute Gasteiger partial charge is 0.346 e. The molecule has 0 aromatic heterocycles. The Balaban J connectivity index is 2.60. The van der Waals surface area contributed by atoms with Gasteiger partial charge >= 0.3 is 11.9 Å². The first kappa shape index (κ1) is 13.5. The van der Waals surface area contributed by atoms with Gasteiger partial charge in [0.05, 0.1) is 33.0 Å². The molecule has 1 aliphatic rings. The molecule has 0 saturated heterocycles. The second kappa shape index (κ2) is 4.52. The summed E-state index contributed by atoms with van der Waals surface area (Å²) in [5, 5.41) is 11.5. The van der Waals surface area contributed by atoms with Crippen LogP contribution in [0.5, 0.6) is 5.75 Å². The highest BCUT2D eigenvalue weighted by Crippen LogP contribution is 2.43. The number of hydrogen-bond acceptors (Lipinski definition) is 6. The van der Waals surface area contributed by atoms with Gasteiger partial charge in [-0.2, -0.15) is 0 Å². The number of hydrogen-bond donors (Lipinski definition) is 0. The first-order chi connectivity index (χ1) is 9.95. The molecule has 21 heavy (non-hydrogen) atoms. The molecule has 8 heteroatoms. The molecule has 3 rings (SSSR count). The van der Waals surface area contributed by atoms with Gasteiger partial charge in [0, 0.05) is 11.5 Å². The number of carbonyl (C=O) groups is 2. The number of cyclic esters (lactones) is 2. The summed E-state index contributed by atoms with van der Waals surface area (Å²) in [5.41, 5.74) is -0.0693. The number of nitrogens with zero attached hydrogens (tertiary/aromatic N) is 1. The molecule has 106 valence electrons. The summed E-state index contributed by atoms with van der Waals surface area (Å²) in [5.74, 6) is -1.45. The average molecular weight is 352 g/mol. The highest BCUT2D eigenvalue weighted by molar-refractivity contribution is 9.10. The molecule has 0 atom stereocenters. The van der Waals surface area contributed by atoms with E-state index in [0.29, 0.717) is 4.47 Å². The zero-order chi connectivity index (χ0) is 15.3. The van der Waals surface area contributed by atoms with E-state index >= 15 is 0 Å². The number of benzene rings is 2. The van der Waals surface area contributed by atoms with Gasteiger partial charge in [-0.05, 0) is 28.1 Å². The molecule has 0 saturated carbocycles. The van der Waals surface area contributed by atoms with Gasteiger partial charge in [-0.15, -0.1) is 0 Å². The lowest BCUT2D eigenvalue weighted by Gasteiger charge is -2.17. The molecule has 1 aliphatic heterocycles. The van der Waals surface area contributed by atoms with Gasteiger partial charge < -0.3 is 9.47 Å². The SMILES string of the molecule is COc1cc2c3c(ccc([N+](=O)[O-])c3c1Br)C(=O)OC2=O. The van der Waals surface area contributed by atoms with Crippen LogP contribution in [0.25, 0.3) is 10.8 Å². The zero-order valence-corrected chi connectivity index (χ0v) is 12.1. The number of ether oxygens (including phenoxy) is 2. The maximum Gasteiger partial charge on any atom is 0.346 e. The third kappa shape index (κ3) is 1.79. The van der Waals surface area contributed by atoms with Crippen LogP contribution in [0.1, 0.15) is 20.7 Å². The Bertz CT molecular complexity index is 844. The second-order valence-corrected chi connectivity index (χ2v) is 5.05. The fraction of sp³-hybridized carbons (Fsp3) is 0.0769. The number of nitro benzene ring substituents is 1. The Hall–Kier alpha value is -2.48. The van der Waals surface area contributed by atoms with Crippen molar-refractivity contribution in [1.82, 2.24) is 0 Å². The van der Waals surface area contributed by atoms with Crippen molar-refractivity contribution in [2.45, 2.75) is 0 Å². The van der Waals surface area contributed by atoms with Crippen molar-refractivity contribution in [3.8, 4) is 5.75 Å². The first-order valence-electron chi connectivity index (χ1n) is 5.69. The van der Waals surface area contributed by atoms with E-state index in [-0.39, 0.29) is 33.3 Å². The lowest BCUT2D eigenvalue weighted by atomic mass is 9.95. The standard InChI is InChI=1S/C13H6BrNO6/c1-20-8-4-6-9-5(12(16)21-13(6)17)2-3-7(15(18)19)10(9)11(8)14/h2-4H,1H3. The van der Waals surface area contributed by atoms with Crippen LogP contribution in [0.2, 0.25) is 0 Å². The van der Waals surface area contributed by atoms with Crippen LogP contribution >= 0.6 is 15.9 Å². The van der Waals surface area contributed by atoms with Gasteiger partial charge in [0.1, 0.15) is 5.75 Å². The summed E-state index contributed by atoms with van der Waals surface area (Å²) in [6.45, 7) is 0. The quantitative estimate of drug-likeness (QED) is 0.357. The Kier molecular flexibility index (Phi) is 2.91. The molecule has 7 nitrogen and oxygen atoms in total. The summed E-state index contributed by atoms with van der Waals surface area (Å²) in [6, 6.07) is 3.86. The van der Waals surface area contributed by atoms with Crippen molar-refractivity contribution >= 4 is 44.3 Å². The van der Waals surface area contributed by atoms with Crippen LogP contribution in [0.4, 0.5) is 5.69 Å². The average Bonchev–Trinajstić information content (AvgIpc) is 2.45. The van der Waals surface area contributed by atoms with Crippen molar-refractivity contribution in [2.24, 2.45) is 0 Å². The highest BCUT2D eigenvalue weighted by Gasteiger charge is 2.33. The van der Waals surface area contributed by atoms with Crippen LogP contribution in [0, 0.1) is 10.1 Å². The van der Waals surface area contributed by atoms with Gasteiger partial charge in [-0.1, -0.05) is 0 Å². The van der Waals surface area contributed by atoms with E-state index in [0.717, 1.165) is 0 Å². The Morgan fingerprint density at radius 3 is 2.48 bits per heavy atom. The summed E-state index contributed by atoms with van der Waals surface area (Å²) < 4.78 is 10.0. The maximum absolute atomic E-state index is 11.9. The van der Waals surface area contributed by atoms with E-state index < -0.39 is 16.9 Å². The molecule has 0 N–H and O–H groups in total. The van der Waals surface area contributed by atoms with E-state index in [4.69, 9.17) is 4.74 Å². The third-order valence-corrected chi connectivity index (χ3v) is 3.99. The van der Waals surface area contributed by atoms with E-state index in [1.54, 1.807) is 0 Å². The van der Waals surface area contributed by atoms with Gasteiger partial charge in [0.2, 0.25) is 0 Å². The molecule has 0 amide bonds. The molecule has 2 aromatic rings. The highest BCUT2D eigenvalue weighted by atomic mass is 79.9. The van der Waals surface area contributed by atoms with Crippen LogP contribution in [0.3, 0.4) is 0 Å². The molecule has 0 fully saturated rings. The molecule has 0 radical (unpaired) electrons. The fourth-order valence-electron chi connectivity index (χ4n) is 2.31. The number of non-ortho nitro benzene ring substituents is 1. The lowest BCUT2D eigenvalue weighted by molar-refractivity contribution is -0.383. The minimum atomic E-state index is -0.858. The predicted octanol–water partition coefficient (Wildman–Crippen LogP) is 2.83. The van der Waals surface area contributed by atoms with Crippen molar-refractivity contribution in [2.75, 3.05) is 7.11 Å². The van der Waals surface area contributed by atoms with Crippen LogP contribution < -0.4 is 4.74 Å². The van der Waals surface area contributed by atoms with E-state index in [9.17, 15) is 19.7 Å². The topological polar surface area (TPSA) is 95.7 Å². The summed E-state index contributed by atoms with van der Waals surface area (Å²) in [7, 11) is 1.37. The van der Waals surface area contributed by atoms with E-state index in [1.807, 2.05) is 0 Å². The molecular formula is C13H6BrNO6. The summed E-state index contributed by atoms with van der Waals surface area (Å²) >= 11 is 3.23. The molecule has 0 bridgehead atoms. The fourth-order valence-corrected chi connectivity index (χ4v) is 2.99. The Labute approximate surface area is 125 Å². The third-order valence-electron chi connectivity index (χ3n) is 3.21. The van der Waals surface area contributed by atoms with Crippen molar-refractivity contribution in [3.05, 3.63) is 43.9 Å². The van der Waals surface area contributed by atoms with Crippen LogP contribution in [-0.2, 0) is 4.74 Å². The predicted molar refractivity (Wildman–Crippen MR) is 74.6 cm³/mol. The number of methoxy groups -OCH3 is 1. The molecule has 1 heterocycles. The number of nitro groups is 1. The second-order valence-electron chi connectivity index (χ2n) is 4.26. The van der Waals surface area contributed by atoms with Gasteiger partial charge in [0.15, 0.2) is 0 Å². The van der Waals surface area contributed by atoms with Gasteiger partial charge in [-0.25, -0.2) is 9.59 Å². The minimum Gasteiger partial charge on any atom is -0.496 e. The molecular weight excluding hydrogens is 346 g/mol. The Morgan fingerprint density at radius 2 is 1.86 bits per heavy atom. The molecule has 2 aromatic carbocycles. The van der Waals surface area contributed by atoms with Gasteiger partial charge in [0.25, 0.3) is 5.69 Å². The van der Waals surface area contributed by atoms with E-state index in [2.05, 4.69) is 20.7 Å². The first-order valence-corrected chi connectivity index (χ1v) is 6.49. The van der Waals surface area contributed by atoms with Crippen molar-refractivity contribution < 1.29 is 24.0 Å². The lowest BCUT2D eigenvalue weighted by Crippen LogP contribution is -2.20. The van der Waals surface area contributed by atoms with Crippen LogP contribution in [0.15, 0.2) is 22.7 Å². The maximum atomic E-state index is 11.9. The molecule has 0 aliphatic carbocycles. The van der Waals surface area contributed by atoms with Crippen molar-refractivity contribution in [1.29, 1.82) is 0 Å². The van der Waals surface area contributed by atoms with E-state index in [1.165, 1.54) is 25.3 Å². The zero-order valence-electron chi connectivity index (χ0n) is 10.5. The summed E-state index contributed by atoms with van der Waals surface area (Å²) in [6.07, 6.45) is 0. The van der Waals surface area contributed by atoms with Crippen molar-refractivity contribution in [3.63, 3.8) is 0 Å². The van der Waals surface area contributed by atoms with Gasteiger partial charge in [-0.3, -0.25) is 10.1 Å².